The van der Waals surface area contributed by atoms with Gasteiger partial charge in [-0.25, -0.2) is 0 Å². The lowest BCUT2D eigenvalue weighted by Crippen LogP contribution is -1.92. The van der Waals surface area contributed by atoms with Crippen LogP contribution in [0.5, 0.6) is 5.75 Å². The van der Waals surface area contributed by atoms with Crippen molar-refractivity contribution in [2.75, 3.05) is 7.11 Å². The molecule has 0 aliphatic carbocycles. The summed E-state index contributed by atoms with van der Waals surface area (Å²) in [4.78, 5) is 0. The topological polar surface area (TPSA) is 9.23 Å². The minimum absolute atomic E-state index is 0.963. The Bertz CT molecular complexity index is 281. The first-order chi connectivity index (χ1) is 5.69. The Balaban J connectivity index is 3.19. The first-order valence-corrected chi connectivity index (χ1v) is 5.10. The Morgan fingerprint density at radius 3 is 2.58 bits per heavy atom. The quantitative estimate of drug-likeness (QED) is 0.754. The van der Waals surface area contributed by atoms with Crippen LogP contribution in [0.2, 0.25) is 0 Å². The summed E-state index contributed by atoms with van der Waals surface area (Å²) < 4.78 is 6.55. The number of hydrogen-bond donors (Lipinski definition) is 0. The van der Waals surface area contributed by atoms with Crippen LogP contribution in [0, 0.1) is 10.5 Å². The van der Waals surface area contributed by atoms with Crippen LogP contribution < -0.4 is 4.74 Å². The lowest BCUT2D eigenvalue weighted by atomic mass is 10.1. The molecule has 12 heavy (non-hydrogen) atoms. The molecule has 0 bridgehead atoms. The van der Waals surface area contributed by atoms with Crippen LogP contribution in [0.1, 0.15) is 18.1 Å². The maximum absolute atomic E-state index is 5.19. The zero-order chi connectivity index (χ0) is 9.14. The Morgan fingerprint density at radius 2 is 2.08 bits per heavy atom. The summed E-state index contributed by atoms with van der Waals surface area (Å²) in [5, 5.41) is 0. The summed E-state index contributed by atoms with van der Waals surface area (Å²) in [5.74, 6) is 0.963. The second-order valence-electron chi connectivity index (χ2n) is 2.77. The highest BCUT2D eigenvalue weighted by molar-refractivity contribution is 14.1. The number of benzene rings is 1. The van der Waals surface area contributed by atoms with Gasteiger partial charge in [0.1, 0.15) is 5.75 Å². The van der Waals surface area contributed by atoms with Gasteiger partial charge in [0.15, 0.2) is 0 Å². The zero-order valence-corrected chi connectivity index (χ0v) is 9.81. The van der Waals surface area contributed by atoms with Crippen molar-refractivity contribution in [2.45, 2.75) is 20.3 Å². The smallest absolute Gasteiger partial charge is 0.119 e. The Labute approximate surface area is 87.3 Å². The monoisotopic (exact) mass is 276 g/mol. The molecule has 1 aromatic carbocycles. The summed E-state index contributed by atoms with van der Waals surface area (Å²) in [6.07, 6.45) is 1.07. The molecule has 0 heterocycles. The molecule has 1 nitrogen and oxygen atoms in total. The predicted octanol–water partition coefficient (Wildman–Crippen LogP) is 3.17. The van der Waals surface area contributed by atoms with E-state index in [4.69, 9.17) is 4.74 Å². The van der Waals surface area contributed by atoms with Gasteiger partial charge in [-0.2, -0.15) is 0 Å². The molecule has 1 aromatic rings. The van der Waals surface area contributed by atoms with E-state index in [2.05, 4.69) is 48.6 Å². The van der Waals surface area contributed by atoms with Gasteiger partial charge < -0.3 is 4.74 Å². The van der Waals surface area contributed by atoms with Crippen molar-refractivity contribution < 1.29 is 4.74 Å². The number of hydrogen-bond acceptors (Lipinski definition) is 1. The lowest BCUT2D eigenvalue weighted by Gasteiger charge is -2.08. The van der Waals surface area contributed by atoms with Gasteiger partial charge in [-0.1, -0.05) is 6.92 Å². The highest BCUT2D eigenvalue weighted by Crippen LogP contribution is 2.23. The van der Waals surface area contributed by atoms with E-state index >= 15 is 0 Å². The van der Waals surface area contributed by atoms with Crippen molar-refractivity contribution in [3.05, 3.63) is 26.8 Å². The molecule has 1 rings (SSSR count). The Kier molecular flexibility index (Phi) is 3.38. The Morgan fingerprint density at radius 1 is 1.42 bits per heavy atom. The van der Waals surface area contributed by atoms with E-state index < -0.39 is 0 Å². The molecule has 0 unspecified atom stereocenters. The van der Waals surface area contributed by atoms with Crippen LogP contribution in [0.15, 0.2) is 12.1 Å². The number of methoxy groups -OCH3 is 1. The van der Waals surface area contributed by atoms with Crippen LogP contribution in [0.3, 0.4) is 0 Å². The minimum Gasteiger partial charge on any atom is -0.497 e. The van der Waals surface area contributed by atoms with Crippen LogP contribution >= 0.6 is 22.6 Å². The molecular formula is C10H13IO. The molecule has 0 fully saturated rings. The van der Waals surface area contributed by atoms with Crippen LogP contribution in [0.4, 0.5) is 0 Å². The van der Waals surface area contributed by atoms with Gasteiger partial charge in [0, 0.05) is 3.57 Å². The minimum atomic E-state index is 0.963. The van der Waals surface area contributed by atoms with Gasteiger partial charge in [0.2, 0.25) is 0 Å². The first kappa shape index (κ1) is 9.84. The van der Waals surface area contributed by atoms with Crippen molar-refractivity contribution in [1.29, 1.82) is 0 Å². The van der Waals surface area contributed by atoms with E-state index in [0.717, 1.165) is 12.2 Å². The molecular weight excluding hydrogens is 263 g/mol. The van der Waals surface area contributed by atoms with Crippen LogP contribution in [-0.2, 0) is 6.42 Å². The molecule has 66 valence electrons. The van der Waals surface area contributed by atoms with Crippen molar-refractivity contribution in [3.8, 4) is 5.75 Å². The summed E-state index contributed by atoms with van der Waals surface area (Å²) in [6, 6.07) is 4.18. The fraction of sp³-hybridized carbons (Fsp3) is 0.400. The zero-order valence-electron chi connectivity index (χ0n) is 7.65. The van der Waals surface area contributed by atoms with Crippen molar-refractivity contribution in [1.82, 2.24) is 0 Å². The number of rotatable bonds is 2. The third-order valence-electron chi connectivity index (χ3n) is 1.92. The predicted molar refractivity (Wildman–Crippen MR) is 59.8 cm³/mol. The second kappa shape index (κ2) is 4.12. The fourth-order valence-electron chi connectivity index (χ4n) is 1.18. The molecule has 0 aliphatic heterocycles. The molecule has 0 N–H and O–H groups in total. The van der Waals surface area contributed by atoms with Crippen LogP contribution in [-0.4, -0.2) is 7.11 Å². The van der Waals surface area contributed by atoms with Gasteiger partial charge in [-0.3, -0.25) is 0 Å². The normalized spacial score (nSPS) is 10.0. The van der Waals surface area contributed by atoms with Gasteiger partial charge in [0.25, 0.3) is 0 Å². The molecule has 0 spiro atoms. The largest absolute Gasteiger partial charge is 0.497 e. The standard InChI is InChI=1S/C10H13IO/c1-4-8-6-9(12-3)5-7(2)10(8)11/h5-6H,4H2,1-3H3. The number of aryl methyl sites for hydroxylation is 2. The molecule has 0 amide bonds. The number of halogens is 1. The number of ether oxygens (including phenoxy) is 1. The van der Waals surface area contributed by atoms with Crippen molar-refractivity contribution >= 4 is 22.6 Å². The van der Waals surface area contributed by atoms with Gasteiger partial charge in [0.05, 0.1) is 7.11 Å². The van der Waals surface area contributed by atoms with Crippen molar-refractivity contribution in [3.63, 3.8) is 0 Å². The third-order valence-corrected chi connectivity index (χ3v) is 3.46. The Hall–Kier alpha value is -0.250. The van der Waals surface area contributed by atoms with Gasteiger partial charge >= 0.3 is 0 Å². The van der Waals surface area contributed by atoms with E-state index in [1.165, 1.54) is 14.7 Å². The second-order valence-corrected chi connectivity index (χ2v) is 3.85. The molecule has 0 saturated heterocycles. The third kappa shape index (κ3) is 1.91. The average Bonchev–Trinajstić information content (AvgIpc) is 2.09. The summed E-state index contributed by atoms with van der Waals surface area (Å²) in [7, 11) is 1.71. The molecule has 0 atom stereocenters. The maximum atomic E-state index is 5.19. The van der Waals surface area contributed by atoms with Crippen LogP contribution in [0.25, 0.3) is 0 Å². The lowest BCUT2D eigenvalue weighted by molar-refractivity contribution is 0.414. The van der Waals surface area contributed by atoms with Gasteiger partial charge in [-0.15, -0.1) is 0 Å². The summed E-state index contributed by atoms with van der Waals surface area (Å²) >= 11 is 2.38. The maximum Gasteiger partial charge on any atom is 0.119 e. The molecule has 0 aliphatic rings. The van der Waals surface area contributed by atoms with E-state index in [-0.39, 0.29) is 0 Å². The summed E-state index contributed by atoms with van der Waals surface area (Å²) in [6.45, 7) is 4.28. The highest BCUT2D eigenvalue weighted by atomic mass is 127. The van der Waals surface area contributed by atoms with Crippen molar-refractivity contribution in [2.24, 2.45) is 0 Å². The van der Waals surface area contributed by atoms with Gasteiger partial charge in [-0.05, 0) is 59.2 Å². The first-order valence-electron chi connectivity index (χ1n) is 4.02. The van der Waals surface area contributed by atoms with E-state index in [1.807, 2.05) is 0 Å². The molecule has 2 heteroatoms. The van der Waals surface area contributed by atoms with E-state index in [0.29, 0.717) is 0 Å². The highest BCUT2D eigenvalue weighted by Gasteiger charge is 2.03. The fourth-order valence-corrected chi connectivity index (χ4v) is 1.87. The SMILES string of the molecule is CCc1cc(OC)cc(C)c1I. The summed E-state index contributed by atoms with van der Waals surface area (Å²) in [5.41, 5.74) is 2.67. The molecule has 0 saturated carbocycles. The molecule has 0 aromatic heterocycles. The average molecular weight is 276 g/mol. The molecule has 0 radical (unpaired) electrons. The van der Waals surface area contributed by atoms with E-state index in [1.54, 1.807) is 7.11 Å². The van der Waals surface area contributed by atoms with E-state index in [9.17, 15) is 0 Å².